The summed E-state index contributed by atoms with van der Waals surface area (Å²) in [6.07, 6.45) is 5.34. The van der Waals surface area contributed by atoms with Gasteiger partial charge in [0.25, 0.3) is 5.91 Å². The Morgan fingerprint density at radius 2 is 1.90 bits per heavy atom. The van der Waals surface area contributed by atoms with Crippen molar-refractivity contribution in [2.45, 2.75) is 26.2 Å². The molecule has 4 aromatic rings. The van der Waals surface area contributed by atoms with Gasteiger partial charge >= 0.3 is 0 Å². The van der Waals surface area contributed by atoms with Gasteiger partial charge in [-0.3, -0.25) is 14.3 Å². The first-order valence-electron chi connectivity index (χ1n) is 10.2. The Kier molecular flexibility index (Phi) is 4.59. The monoisotopic (exact) mass is 419 g/mol. The molecule has 5 rings (SSSR count). The molecule has 30 heavy (non-hydrogen) atoms. The molecule has 0 radical (unpaired) electrons. The number of pyridine rings is 1. The van der Waals surface area contributed by atoms with Crippen molar-refractivity contribution in [1.82, 2.24) is 14.5 Å². The standard InChI is InChI=1S/C23H22ClN5O/c1-14-27-22-18(23(25)30)10-15(28-8-3-2-4-9-28)12-21(22)29(14)16-11-17-19(24)6-5-7-20(17)26-13-16/h5-7,10-13H,2-4,8-9H2,1H3,(H2,25,30). The summed E-state index contributed by atoms with van der Waals surface area (Å²) in [5.41, 5.74) is 10.3. The lowest BCUT2D eigenvalue weighted by molar-refractivity contribution is 0.100. The van der Waals surface area contributed by atoms with Gasteiger partial charge in [0.05, 0.1) is 33.5 Å². The molecule has 2 aromatic heterocycles. The highest BCUT2D eigenvalue weighted by molar-refractivity contribution is 6.35. The zero-order valence-corrected chi connectivity index (χ0v) is 17.5. The van der Waals surface area contributed by atoms with Crippen molar-refractivity contribution in [2.24, 2.45) is 5.73 Å². The molecule has 0 unspecified atom stereocenters. The molecule has 6 nitrogen and oxygen atoms in total. The second-order valence-electron chi connectivity index (χ2n) is 7.77. The van der Waals surface area contributed by atoms with Crippen LogP contribution < -0.4 is 10.6 Å². The third-order valence-electron chi connectivity index (χ3n) is 5.82. The van der Waals surface area contributed by atoms with Crippen molar-refractivity contribution >= 4 is 45.1 Å². The van der Waals surface area contributed by atoms with Gasteiger partial charge in [0.15, 0.2) is 0 Å². The number of rotatable bonds is 3. The van der Waals surface area contributed by atoms with Crippen LogP contribution in [0.15, 0.2) is 42.6 Å². The highest BCUT2D eigenvalue weighted by atomic mass is 35.5. The predicted molar refractivity (Wildman–Crippen MR) is 121 cm³/mol. The number of anilines is 1. The molecule has 1 saturated heterocycles. The fourth-order valence-electron chi connectivity index (χ4n) is 4.35. The number of hydrogen-bond donors (Lipinski definition) is 1. The van der Waals surface area contributed by atoms with E-state index in [9.17, 15) is 4.79 Å². The van der Waals surface area contributed by atoms with Gasteiger partial charge in [-0.15, -0.1) is 0 Å². The zero-order chi connectivity index (χ0) is 20.8. The molecule has 1 amide bonds. The van der Waals surface area contributed by atoms with E-state index < -0.39 is 5.91 Å². The Bertz CT molecular complexity index is 1290. The molecule has 0 spiro atoms. The lowest BCUT2D eigenvalue weighted by atomic mass is 10.1. The zero-order valence-electron chi connectivity index (χ0n) is 16.7. The lowest BCUT2D eigenvalue weighted by Gasteiger charge is -2.29. The number of benzene rings is 2. The van der Waals surface area contributed by atoms with Gasteiger partial charge in [-0.25, -0.2) is 4.98 Å². The minimum Gasteiger partial charge on any atom is -0.371 e. The van der Waals surface area contributed by atoms with Gasteiger partial charge in [-0.1, -0.05) is 17.7 Å². The van der Waals surface area contributed by atoms with Crippen LogP contribution in [0.3, 0.4) is 0 Å². The molecule has 0 aliphatic carbocycles. The molecule has 2 N–H and O–H groups in total. The molecule has 0 bridgehead atoms. The molecule has 0 saturated carbocycles. The maximum absolute atomic E-state index is 12.3. The van der Waals surface area contributed by atoms with E-state index in [2.05, 4.69) is 20.9 Å². The fraction of sp³-hybridized carbons (Fsp3) is 0.261. The summed E-state index contributed by atoms with van der Waals surface area (Å²) in [4.78, 5) is 23.8. The number of piperidine rings is 1. The molecule has 152 valence electrons. The van der Waals surface area contributed by atoms with Gasteiger partial charge in [0, 0.05) is 24.2 Å². The van der Waals surface area contributed by atoms with Gasteiger partial charge in [-0.05, 0) is 56.5 Å². The average Bonchev–Trinajstić information content (AvgIpc) is 3.09. The Morgan fingerprint density at radius 1 is 1.10 bits per heavy atom. The smallest absolute Gasteiger partial charge is 0.251 e. The van der Waals surface area contributed by atoms with Crippen LogP contribution in [0.2, 0.25) is 5.02 Å². The maximum atomic E-state index is 12.3. The first-order valence-corrected chi connectivity index (χ1v) is 10.5. The number of carbonyl (C=O) groups excluding carboxylic acids is 1. The van der Waals surface area contributed by atoms with Crippen LogP contribution >= 0.6 is 11.6 Å². The topological polar surface area (TPSA) is 77.0 Å². The van der Waals surface area contributed by atoms with Crippen LogP contribution in [0.4, 0.5) is 5.69 Å². The van der Waals surface area contributed by atoms with Crippen molar-refractivity contribution in [3.8, 4) is 5.69 Å². The van der Waals surface area contributed by atoms with E-state index in [0.717, 1.165) is 59.5 Å². The Hall–Kier alpha value is -3.12. The molecule has 1 aliphatic heterocycles. The Morgan fingerprint density at radius 3 is 2.67 bits per heavy atom. The fourth-order valence-corrected chi connectivity index (χ4v) is 4.58. The molecule has 0 atom stereocenters. The summed E-state index contributed by atoms with van der Waals surface area (Å²) in [6.45, 7) is 3.87. The number of aryl methyl sites for hydroxylation is 1. The summed E-state index contributed by atoms with van der Waals surface area (Å²) in [5, 5.41) is 1.52. The normalized spacial score (nSPS) is 14.5. The average molecular weight is 420 g/mol. The van der Waals surface area contributed by atoms with E-state index in [1.807, 2.05) is 48.0 Å². The SMILES string of the molecule is Cc1nc2c(C(N)=O)cc(N3CCCCC3)cc2n1-c1cnc2cccc(Cl)c2c1. The van der Waals surface area contributed by atoms with E-state index in [1.165, 1.54) is 6.42 Å². The van der Waals surface area contributed by atoms with E-state index in [1.54, 1.807) is 0 Å². The largest absolute Gasteiger partial charge is 0.371 e. The molecule has 3 heterocycles. The van der Waals surface area contributed by atoms with Crippen molar-refractivity contribution in [1.29, 1.82) is 0 Å². The Labute approximate surface area is 179 Å². The van der Waals surface area contributed by atoms with Crippen molar-refractivity contribution in [3.05, 3.63) is 59.0 Å². The lowest BCUT2D eigenvalue weighted by Crippen LogP contribution is -2.29. The highest BCUT2D eigenvalue weighted by Gasteiger charge is 2.20. The summed E-state index contributed by atoms with van der Waals surface area (Å²) >= 11 is 6.41. The number of fused-ring (bicyclic) bond motifs is 2. The number of halogens is 1. The second-order valence-corrected chi connectivity index (χ2v) is 8.17. The summed E-state index contributed by atoms with van der Waals surface area (Å²) in [6, 6.07) is 11.7. The first kappa shape index (κ1) is 18.9. The summed E-state index contributed by atoms with van der Waals surface area (Å²) in [5.74, 6) is 0.291. The van der Waals surface area contributed by atoms with Gasteiger partial charge in [-0.2, -0.15) is 0 Å². The number of carbonyl (C=O) groups is 1. The van der Waals surface area contributed by atoms with Crippen LogP contribution in [0.1, 0.15) is 35.4 Å². The van der Waals surface area contributed by atoms with Crippen LogP contribution in [-0.4, -0.2) is 33.5 Å². The number of imidazole rings is 1. The molecule has 1 aliphatic rings. The van der Waals surface area contributed by atoms with Crippen LogP contribution in [-0.2, 0) is 0 Å². The minimum atomic E-state index is -0.469. The highest BCUT2D eigenvalue weighted by Crippen LogP contribution is 2.32. The van der Waals surface area contributed by atoms with Gasteiger partial charge in [0.2, 0.25) is 0 Å². The second kappa shape index (κ2) is 7.29. The molecule has 1 fully saturated rings. The number of primary amides is 1. The van der Waals surface area contributed by atoms with Crippen LogP contribution in [0, 0.1) is 6.92 Å². The van der Waals surface area contributed by atoms with Gasteiger partial charge in [0.1, 0.15) is 11.3 Å². The van der Waals surface area contributed by atoms with E-state index in [4.69, 9.17) is 17.3 Å². The Balaban J connectivity index is 1.76. The molecule has 2 aromatic carbocycles. The van der Waals surface area contributed by atoms with Gasteiger partial charge < -0.3 is 10.6 Å². The maximum Gasteiger partial charge on any atom is 0.251 e. The van der Waals surface area contributed by atoms with Crippen molar-refractivity contribution < 1.29 is 4.79 Å². The predicted octanol–water partition coefficient (Wildman–Crippen LogP) is 4.62. The first-order chi connectivity index (χ1) is 14.5. The van der Waals surface area contributed by atoms with E-state index >= 15 is 0 Å². The number of nitrogens with zero attached hydrogens (tertiary/aromatic N) is 4. The van der Waals surface area contributed by atoms with Crippen molar-refractivity contribution in [2.75, 3.05) is 18.0 Å². The van der Waals surface area contributed by atoms with Crippen LogP contribution in [0.25, 0.3) is 27.6 Å². The molecule has 7 heteroatoms. The van der Waals surface area contributed by atoms with Crippen LogP contribution in [0.5, 0.6) is 0 Å². The van der Waals surface area contributed by atoms with E-state index in [0.29, 0.717) is 16.1 Å². The quantitative estimate of drug-likeness (QED) is 0.525. The minimum absolute atomic E-state index is 0.446. The summed E-state index contributed by atoms with van der Waals surface area (Å²) < 4.78 is 2.02. The number of amides is 1. The summed E-state index contributed by atoms with van der Waals surface area (Å²) in [7, 11) is 0. The third kappa shape index (κ3) is 3.08. The number of nitrogens with two attached hydrogens (primary N) is 1. The number of aromatic nitrogens is 3. The number of hydrogen-bond acceptors (Lipinski definition) is 4. The van der Waals surface area contributed by atoms with E-state index in [-0.39, 0.29) is 0 Å². The molecular weight excluding hydrogens is 398 g/mol. The van der Waals surface area contributed by atoms with Crippen molar-refractivity contribution in [3.63, 3.8) is 0 Å². The third-order valence-corrected chi connectivity index (χ3v) is 6.15. The molecular formula is C23H22ClN5O.